The molecule has 0 saturated carbocycles. The van der Waals surface area contributed by atoms with Crippen molar-refractivity contribution in [2.24, 2.45) is 0 Å². The minimum absolute atomic E-state index is 0.576. The van der Waals surface area contributed by atoms with Gasteiger partial charge in [0.1, 0.15) is 0 Å². The maximum absolute atomic E-state index is 5.62. The van der Waals surface area contributed by atoms with Gasteiger partial charge in [0.05, 0.1) is 0 Å². The van der Waals surface area contributed by atoms with Crippen LogP contribution in [-0.4, -0.2) is 14.1 Å². The first kappa shape index (κ1) is 11.5. The molecule has 2 rings (SSSR count). The minimum atomic E-state index is 0.576. The summed E-state index contributed by atoms with van der Waals surface area (Å²) in [4.78, 5) is 7.68. The minimum Gasteiger partial charge on any atom is -0.377 e. The van der Waals surface area contributed by atoms with Crippen LogP contribution in [0.2, 0.25) is 0 Å². The lowest BCUT2D eigenvalue weighted by atomic mass is 10.2. The van der Waals surface area contributed by atoms with Crippen molar-refractivity contribution in [1.82, 2.24) is 0 Å². The predicted octanol–water partition coefficient (Wildman–Crippen LogP) is 1.67. The third-order valence-electron chi connectivity index (χ3n) is 2.52. The highest BCUT2D eigenvalue weighted by Crippen LogP contribution is 2.05. The SMILES string of the molecule is CN(C)c1cc[n+](OCc2ccccc2)cc1. The normalized spacial score (nSPS) is 10.0. The number of aromatic nitrogens is 1. The van der Waals surface area contributed by atoms with E-state index in [9.17, 15) is 0 Å². The number of rotatable bonds is 4. The number of anilines is 1. The van der Waals surface area contributed by atoms with Crippen LogP contribution in [0.5, 0.6) is 0 Å². The first-order valence-electron chi connectivity index (χ1n) is 5.61. The lowest BCUT2D eigenvalue weighted by molar-refractivity contribution is -0.895. The fourth-order valence-corrected chi connectivity index (χ4v) is 1.51. The molecule has 0 aliphatic carbocycles. The first-order chi connectivity index (χ1) is 8.25. The topological polar surface area (TPSA) is 16.4 Å². The van der Waals surface area contributed by atoms with E-state index in [1.807, 2.05) is 56.8 Å². The largest absolute Gasteiger partial charge is 0.377 e. The van der Waals surface area contributed by atoms with Gasteiger partial charge >= 0.3 is 0 Å². The van der Waals surface area contributed by atoms with Gasteiger partial charge in [0, 0.05) is 36.6 Å². The molecule has 0 bridgehead atoms. The molecule has 1 heterocycles. The third kappa shape index (κ3) is 3.21. The van der Waals surface area contributed by atoms with Crippen LogP contribution >= 0.6 is 0 Å². The van der Waals surface area contributed by atoms with Gasteiger partial charge in [-0.1, -0.05) is 30.3 Å². The van der Waals surface area contributed by atoms with Crippen LogP contribution in [0, 0.1) is 0 Å². The maximum Gasteiger partial charge on any atom is 0.224 e. The van der Waals surface area contributed by atoms with Crippen LogP contribution in [0.3, 0.4) is 0 Å². The van der Waals surface area contributed by atoms with Gasteiger partial charge in [-0.25, -0.2) is 0 Å². The molecule has 3 heteroatoms. The molecule has 17 heavy (non-hydrogen) atoms. The summed E-state index contributed by atoms with van der Waals surface area (Å²) in [7, 11) is 4.04. The summed E-state index contributed by atoms with van der Waals surface area (Å²) in [5.74, 6) is 0. The number of benzene rings is 1. The third-order valence-corrected chi connectivity index (χ3v) is 2.52. The summed E-state index contributed by atoms with van der Waals surface area (Å²) in [6.07, 6.45) is 3.83. The molecule has 0 unspecified atom stereocenters. The van der Waals surface area contributed by atoms with E-state index in [1.54, 1.807) is 4.73 Å². The van der Waals surface area contributed by atoms with Crippen molar-refractivity contribution in [1.29, 1.82) is 0 Å². The van der Waals surface area contributed by atoms with E-state index in [-0.39, 0.29) is 0 Å². The summed E-state index contributed by atoms with van der Waals surface area (Å²) < 4.78 is 1.72. The van der Waals surface area contributed by atoms with E-state index < -0.39 is 0 Å². The molecule has 0 fully saturated rings. The van der Waals surface area contributed by atoms with Crippen LogP contribution in [0.1, 0.15) is 5.56 Å². The molecular weight excluding hydrogens is 212 g/mol. The van der Waals surface area contributed by atoms with E-state index in [4.69, 9.17) is 4.84 Å². The van der Waals surface area contributed by atoms with E-state index in [1.165, 1.54) is 0 Å². The van der Waals surface area contributed by atoms with E-state index in [2.05, 4.69) is 17.0 Å². The summed E-state index contributed by atoms with van der Waals surface area (Å²) >= 11 is 0. The van der Waals surface area contributed by atoms with Crippen molar-refractivity contribution in [2.75, 3.05) is 19.0 Å². The first-order valence-corrected chi connectivity index (χ1v) is 5.61. The zero-order valence-corrected chi connectivity index (χ0v) is 10.2. The molecule has 0 N–H and O–H groups in total. The van der Waals surface area contributed by atoms with Crippen molar-refractivity contribution < 1.29 is 9.57 Å². The lowest BCUT2D eigenvalue weighted by Crippen LogP contribution is -2.41. The quantitative estimate of drug-likeness (QED) is 0.741. The van der Waals surface area contributed by atoms with Gasteiger partial charge < -0.3 is 4.90 Å². The number of hydrogen-bond donors (Lipinski definition) is 0. The van der Waals surface area contributed by atoms with Gasteiger partial charge in [-0.15, -0.1) is 0 Å². The molecule has 1 aromatic carbocycles. The highest BCUT2D eigenvalue weighted by molar-refractivity contribution is 5.41. The molecular formula is C14H17N2O+. The number of nitrogens with zero attached hydrogens (tertiary/aromatic N) is 2. The van der Waals surface area contributed by atoms with Crippen LogP contribution in [-0.2, 0) is 6.61 Å². The van der Waals surface area contributed by atoms with Gasteiger partial charge in [0.15, 0.2) is 6.61 Å². The zero-order valence-electron chi connectivity index (χ0n) is 10.2. The molecule has 0 atom stereocenters. The molecule has 0 aliphatic heterocycles. The standard InChI is InChI=1S/C14H17N2O/c1-15(2)14-8-10-16(11-9-14)17-12-13-6-4-3-5-7-13/h3-11H,12H2,1-2H3/q+1. The second-order valence-corrected chi connectivity index (χ2v) is 4.07. The molecule has 2 aromatic rings. The monoisotopic (exact) mass is 229 g/mol. The van der Waals surface area contributed by atoms with Gasteiger partial charge in [-0.2, -0.15) is 0 Å². The Morgan fingerprint density at radius 1 is 1.00 bits per heavy atom. The number of pyridine rings is 1. The van der Waals surface area contributed by atoms with Crippen LogP contribution < -0.4 is 14.5 Å². The van der Waals surface area contributed by atoms with Crippen LogP contribution in [0.4, 0.5) is 5.69 Å². The fourth-order valence-electron chi connectivity index (χ4n) is 1.51. The Labute approximate surface area is 102 Å². The average Bonchev–Trinajstić information content (AvgIpc) is 2.38. The molecule has 0 saturated heterocycles. The lowest BCUT2D eigenvalue weighted by Gasteiger charge is -2.09. The van der Waals surface area contributed by atoms with Gasteiger partial charge in [0.25, 0.3) is 0 Å². The Morgan fingerprint density at radius 3 is 2.24 bits per heavy atom. The Kier molecular flexibility index (Phi) is 3.60. The molecule has 88 valence electrons. The second-order valence-electron chi connectivity index (χ2n) is 4.07. The Balaban J connectivity index is 1.96. The average molecular weight is 229 g/mol. The smallest absolute Gasteiger partial charge is 0.224 e. The molecule has 0 radical (unpaired) electrons. The van der Waals surface area contributed by atoms with Gasteiger partial charge in [-0.05, 0) is 5.56 Å². The maximum atomic E-state index is 5.62. The molecule has 3 nitrogen and oxygen atoms in total. The summed E-state index contributed by atoms with van der Waals surface area (Å²) in [5.41, 5.74) is 2.32. The second kappa shape index (κ2) is 5.34. The Bertz CT molecular complexity index is 451. The van der Waals surface area contributed by atoms with Crippen molar-refractivity contribution in [3.8, 4) is 0 Å². The van der Waals surface area contributed by atoms with E-state index in [0.717, 1.165) is 11.3 Å². The Morgan fingerprint density at radius 2 is 1.65 bits per heavy atom. The molecule has 1 aromatic heterocycles. The van der Waals surface area contributed by atoms with Crippen LogP contribution in [0.25, 0.3) is 0 Å². The van der Waals surface area contributed by atoms with Gasteiger partial charge in [0.2, 0.25) is 12.4 Å². The van der Waals surface area contributed by atoms with Crippen LogP contribution in [0.15, 0.2) is 54.9 Å². The van der Waals surface area contributed by atoms with E-state index >= 15 is 0 Å². The van der Waals surface area contributed by atoms with Crippen molar-refractivity contribution in [3.05, 3.63) is 60.4 Å². The van der Waals surface area contributed by atoms with Gasteiger partial charge in [-0.3, -0.25) is 4.84 Å². The zero-order chi connectivity index (χ0) is 12.1. The summed E-state index contributed by atoms with van der Waals surface area (Å²) in [6.45, 7) is 0.576. The molecule has 0 spiro atoms. The highest BCUT2D eigenvalue weighted by atomic mass is 16.7. The number of hydrogen-bond acceptors (Lipinski definition) is 2. The van der Waals surface area contributed by atoms with E-state index in [0.29, 0.717) is 6.61 Å². The van der Waals surface area contributed by atoms with Crippen molar-refractivity contribution >= 4 is 5.69 Å². The summed E-state index contributed by atoms with van der Waals surface area (Å²) in [6, 6.07) is 14.2. The van der Waals surface area contributed by atoms with Crippen molar-refractivity contribution in [2.45, 2.75) is 6.61 Å². The molecule has 0 amide bonds. The fraction of sp³-hybridized carbons (Fsp3) is 0.214. The predicted molar refractivity (Wildman–Crippen MR) is 67.7 cm³/mol. The summed E-state index contributed by atoms with van der Waals surface area (Å²) in [5, 5.41) is 0. The Hall–Kier alpha value is -2.03. The highest BCUT2D eigenvalue weighted by Gasteiger charge is 2.03. The molecule has 0 aliphatic rings. The van der Waals surface area contributed by atoms with Crippen molar-refractivity contribution in [3.63, 3.8) is 0 Å².